The van der Waals surface area contributed by atoms with Gasteiger partial charge in [0.25, 0.3) is 5.91 Å². The van der Waals surface area contributed by atoms with Crippen molar-refractivity contribution in [1.82, 2.24) is 25.1 Å². The van der Waals surface area contributed by atoms with Crippen LogP contribution in [0.15, 0.2) is 30.7 Å². The summed E-state index contributed by atoms with van der Waals surface area (Å²) in [6.45, 7) is 6.36. The number of nitro groups is 1. The fraction of sp³-hybridized carbons (Fsp3) is 0.435. The van der Waals surface area contributed by atoms with Crippen LogP contribution in [0.3, 0.4) is 0 Å². The molecule has 13 heteroatoms. The van der Waals surface area contributed by atoms with Crippen LogP contribution in [0.4, 0.5) is 5.69 Å². The Hall–Kier alpha value is -3.71. The first-order valence-corrected chi connectivity index (χ1v) is 12.0. The van der Waals surface area contributed by atoms with Gasteiger partial charge in [-0.25, -0.2) is 9.78 Å². The van der Waals surface area contributed by atoms with Crippen LogP contribution < -0.4 is 5.32 Å². The summed E-state index contributed by atoms with van der Waals surface area (Å²) in [6, 6.07) is 3.77. The number of aromatic nitrogens is 4. The summed E-state index contributed by atoms with van der Waals surface area (Å²) in [5, 5.41) is 18.1. The second-order valence-electron chi connectivity index (χ2n) is 8.83. The molecule has 0 radical (unpaired) electrons. The molecule has 0 saturated heterocycles. The molecule has 0 saturated carbocycles. The third-order valence-electron chi connectivity index (χ3n) is 4.64. The molecular weight excluding hydrogens is 488 g/mol. The van der Waals surface area contributed by atoms with Crippen LogP contribution in [0.25, 0.3) is 10.6 Å². The Morgan fingerprint density at radius 3 is 2.75 bits per heavy atom. The van der Waals surface area contributed by atoms with Gasteiger partial charge in [0.1, 0.15) is 21.7 Å². The minimum absolute atomic E-state index is 0.199. The van der Waals surface area contributed by atoms with Gasteiger partial charge in [-0.15, -0.1) is 11.3 Å². The monoisotopic (exact) mass is 516 g/mol. The number of aryl methyl sites for hydroxylation is 2. The van der Waals surface area contributed by atoms with Crippen LogP contribution in [0.1, 0.15) is 53.0 Å². The van der Waals surface area contributed by atoms with Crippen molar-refractivity contribution in [2.24, 2.45) is 7.05 Å². The van der Waals surface area contributed by atoms with E-state index in [1.165, 1.54) is 35.5 Å². The molecule has 192 valence electrons. The quantitative estimate of drug-likeness (QED) is 0.175. The molecule has 0 spiro atoms. The molecule has 0 aliphatic carbocycles. The van der Waals surface area contributed by atoms with E-state index in [-0.39, 0.29) is 24.5 Å². The lowest BCUT2D eigenvalue weighted by Crippen LogP contribution is -2.28. The maximum Gasteiger partial charge on any atom is 0.350 e. The Kier molecular flexibility index (Phi) is 8.83. The van der Waals surface area contributed by atoms with E-state index in [2.05, 4.69) is 20.4 Å². The lowest BCUT2D eigenvalue weighted by Gasteiger charge is -2.18. The van der Waals surface area contributed by atoms with Crippen LogP contribution >= 0.6 is 11.3 Å². The van der Waals surface area contributed by atoms with Gasteiger partial charge >= 0.3 is 11.7 Å². The van der Waals surface area contributed by atoms with E-state index >= 15 is 0 Å². The van der Waals surface area contributed by atoms with Gasteiger partial charge < -0.3 is 14.8 Å². The molecule has 0 unspecified atom stereocenters. The van der Waals surface area contributed by atoms with E-state index in [4.69, 9.17) is 9.47 Å². The van der Waals surface area contributed by atoms with E-state index in [1.54, 1.807) is 6.20 Å². The Morgan fingerprint density at radius 2 is 2.03 bits per heavy atom. The Labute approximate surface area is 211 Å². The predicted octanol–water partition coefficient (Wildman–Crippen LogP) is 3.18. The molecule has 1 N–H and O–H groups in total. The Balaban J connectivity index is 1.41. The van der Waals surface area contributed by atoms with Crippen molar-refractivity contribution in [2.75, 3.05) is 19.8 Å². The summed E-state index contributed by atoms with van der Waals surface area (Å²) in [7, 11) is 1.51. The second-order valence-corrected chi connectivity index (χ2v) is 9.86. The summed E-state index contributed by atoms with van der Waals surface area (Å²) in [6.07, 6.45) is 5.78. The molecule has 3 rings (SSSR count). The summed E-state index contributed by atoms with van der Waals surface area (Å²) < 4.78 is 12.2. The molecule has 3 aromatic rings. The predicted molar refractivity (Wildman–Crippen MR) is 132 cm³/mol. The molecule has 0 atom stereocenters. The molecule has 36 heavy (non-hydrogen) atoms. The lowest BCUT2D eigenvalue weighted by molar-refractivity contribution is -0.385. The number of rotatable bonds is 11. The number of nitrogens with one attached hydrogen (secondary N) is 1. The first kappa shape index (κ1) is 26.9. The summed E-state index contributed by atoms with van der Waals surface area (Å²) in [5.41, 5.74) is 0.586. The van der Waals surface area contributed by atoms with E-state index in [9.17, 15) is 19.7 Å². The van der Waals surface area contributed by atoms with Gasteiger partial charge in [-0.1, -0.05) is 0 Å². The highest BCUT2D eigenvalue weighted by Crippen LogP contribution is 2.27. The summed E-state index contributed by atoms with van der Waals surface area (Å²) in [5.74, 6) is -1.02. The summed E-state index contributed by atoms with van der Waals surface area (Å²) >= 11 is 1.27. The Morgan fingerprint density at radius 1 is 1.25 bits per heavy atom. The van der Waals surface area contributed by atoms with Crippen molar-refractivity contribution >= 4 is 28.9 Å². The highest BCUT2D eigenvalue weighted by Gasteiger charge is 2.24. The fourth-order valence-corrected chi connectivity index (χ4v) is 3.92. The number of carbonyl (C=O) groups excluding carboxylic acids is 2. The van der Waals surface area contributed by atoms with Crippen molar-refractivity contribution in [1.29, 1.82) is 0 Å². The standard InChI is InChI=1S/C23H28N6O6S/c1-23(2,3)35-22(31)18-13-26-21(36-18)15-7-8-24-16(12-15)6-5-10-34-11-9-25-20(30)19-17(29(32)33)14-28(4)27-19/h7-8,12-14H,5-6,9-11H2,1-4H3,(H,25,30). The molecule has 3 heterocycles. The number of hydrogen-bond donors (Lipinski definition) is 1. The number of hydrogen-bond acceptors (Lipinski definition) is 10. The largest absolute Gasteiger partial charge is 0.456 e. The van der Waals surface area contributed by atoms with Crippen molar-refractivity contribution in [3.05, 3.63) is 57.1 Å². The van der Waals surface area contributed by atoms with Crippen LogP contribution in [0.2, 0.25) is 0 Å². The van der Waals surface area contributed by atoms with Crippen LogP contribution in [0, 0.1) is 10.1 Å². The summed E-state index contributed by atoms with van der Waals surface area (Å²) in [4.78, 5) is 43.9. The van der Waals surface area contributed by atoms with Gasteiger partial charge in [-0.3, -0.25) is 24.6 Å². The smallest absolute Gasteiger partial charge is 0.350 e. The van der Waals surface area contributed by atoms with Crippen molar-refractivity contribution < 1.29 is 24.0 Å². The van der Waals surface area contributed by atoms with Crippen LogP contribution in [-0.4, -0.2) is 61.9 Å². The first-order valence-electron chi connectivity index (χ1n) is 11.2. The highest BCUT2D eigenvalue weighted by molar-refractivity contribution is 7.16. The number of esters is 1. The van der Waals surface area contributed by atoms with Gasteiger partial charge in [0.05, 0.1) is 17.7 Å². The molecule has 12 nitrogen and oxygen atoms in total. The van der Waals surface area contributed by atoms with Crippen molar-refractivity contribution in [3.8, 4) is 10.6 Å². The molecule has 0 aliphatic rings. The molecule has 1 amide bonds. The molecule has 0 aromatic carbocycles. The topological polar surface area (TPSA) is 151 Å². The molecule has 0 bridgehead atoms. The highest BCUT2D eigenvalue weighted by atomic mass is 32.1. The first-order chi connectivity index (χ1) is 17.0. The number of amides is 1. The van der Waals surface area contributed by atoms with Gasteiger partial charge in [0.15, 0.2) is 0 Å². The van der Waals surface area contributed by atoms with Gasteiger partial charge in [-0.05, 0) is 45.7 Å². The van der Waals surface area contributed by atoms with Gasteiger partial charge in [0, 0.05) is 37.7 Å². The number of carbonyl (C=O) groups is 2. The number of thiazole rings is 1. The van der Waals surface area contributed by atoms with E-state index in [1.807, 2.05) is 32.9 Å². The lowest BCUT2D eigenvalue weighted by atomic mass is 10.2. The third-order valence-corrected chi connectivity index (χ3v) is 5.67. The molecule has 0 fully saturated rings. The molecular formula is C23H28N6O6S. The number of pyridine rings is 1. The average molecular weight is 517 g/mol. The molecule has 0 aliphatic heterocycles. The number of ether oxygens (including phenoxy) is 2. The van der Waals surface area contributed by atoms with Crippen LogP contribution in [0.5, 0.6) is 0 Å². The Bertz CT molecular complexity index is 1230. The normalized spacial score (nSPS) is 11.3. The zero-order chi connectivity index (χ0) is 26.3. The zero-order valence-electron chi connectivity index (χ0n) is 20.5. The van der Waals surface area contributed by atoms with Gasteiger partial charge in [-0.2, -0.15) is 5.10 Å². The number of nitrogens with zero attached hydrogens (tertiary/aromatic N) is 5. The van der Waals surface area contributed by atoms with Crippen molar-refractivity contribution in [2.45, 2.75) is 39.2 Å². The second kappa shape index (κ2) is 11.8. The maximum absolute atomic E-state index is 12.2. The average Bonchev–Trinajstić information content (AvgIpc) is 3.45. The van der Waals surface area contributed by atoms with E-state index in [0.29, 0.717) is 29.3 Å². The third kappa shape index (κ3) is 7.65. The van der Waals surface area contributed by atoms with E-state index in [0.717, 1.165) is 11.3 Å². The van der Waals surface area contributed by atoms with E-state index < -0.39 is 22.4 Å². The van der Waals surface area contributed by atoms with Crippen molar-refractivity contribution in [3.63, 3.8) is 0 Å². The maximum atomic E-state index is 12.2. The fourth-order valence-electron chi connectivity index (χ4n) is 3.13. The van der Waals surface area contributed by atoms with Gasteiger partial charge in [0.2, 0.25) is 5.69 Å². The molecule has 3 aromatic heterocycles. The minimum Gasteiger partial charge on any atom is -0.456 e. The van der Waals surface area contributed by atoms with Crippen LogP contribution in [-0.2, 0) is 22.9 Å². The zero-order valence-corrected chi connectivity index (χ0v) is 21.3. The minimum atomic E-state index is -0.643. The SMILES string of the molecule is Cn1cc([N+](=O)[O-])c(C(=O)NCCOCCCc2cc(-c3ncc(C(=O)OC(C)(C)C)s3)ccn2)n1.